The maximum absolute atomic E-state index is 10.9. The van der Waals surface area contributed by atoms with Gasteiger partial charge in [0.05, 0.1) is 6.61 Å². The highest BCUT2D eigenvalue weighted by atomic mass is 31.2. The topological polar surface area (TPSA) is 92.8 Å². The molecule has 0 aromatic heterocycles. The first-order chi connectivity index (χ1) is 6.95. The Balaban J connectivity index is 2.84. The van der Waals surface area contributed by atoms with E-state index in [1.54, 1.807) is 24.3 Å². The van der Waals surface area contributed by atoms with Gasteiger partial charge in [-0.2, -0.15) is 0 Å². The summed E-state index contributed by atoms with van der Waals surface area (Å²) in [5.74, 6) is -0.618. The molecule has 84 valence electrons. The van der Waals surface area contributed by atoms with Gasteiger partial charge in [0.15, 0.2) is 0 Å². The van der Waals surface area contributed by atoms with Gasteiger partial charge >= 0.3 is 7.60 Å². The van der Waals surface area contributed by atoms with Crippen LogP contribution in [-0.4, -0.2) is 16.4 Å². The molecule has 6 heteroatoms. The Morgan fingerprint density at radius 1 is 1.40 bits per heavy atom. The lowest BCUT2D eigenvalue weighted by molar-refractivity contribution is 0.339. The molecule has 0 aliphatic rings. The highest BCUT2D eigenvalue weighted by Gasteiger charge is 2.25. The molecule has 0 fully saturated rings. The van der Waals surface area contributed by atoms with E-state index in [4.69, 9.17) is 20.3 Å². The zero-order chi connectivity index (χ0) is 11.5. The Morgan fingerprint density at radius 2 is 1.93 bits per heavy atom. The molecule has 4 N–H and O–H groups in total. The van der Waals surface area contributed by atoms with Crippen molar-refractivity contribution in [2.45, 2.75) is 12.7 Å². The molecule has 0 radical (unpaired) electrons. The fourth-order valence-corrected chi connectivity index (χ4v) is 1.68. The second-order valence-electron chi connectivity index (χ2n) is 3.04. The van der Waals surface area contributed by atoms with Crippen molar-refractivity contribution in [2.75, 3.05) is 6.61 Å². The summed E-state index contributed by atoms with van der Waals surface area (Å²) in [6, 6.07) is 6.37. The van der Waals surface area contributed by atoms with Crippen LogP contribution in [0.15, 0.2) is 24.3 Å². The summed E-state index contributed by atoms with van der Waals surface area (Å²) >= 11 is 0. The zero-order valence-electron chi connectivity index (χ0n) is 8.33. The van der Waals surface area contributed by atoms with Crippen molar-refractivity contribution in [1.82, 2.24) is 0 Å². The molecule has 1 aromatic carbocycles. The maximum Gasteiger partial charge on any atom is 0.346 e. The lowest BCUT2D eigenvalue weighted by atomic mass is 10.2. The third kappa shape index (κ3) is 3.32. The Morgan fingerprint density at radius 3 is 2.33 bits per heavy atom. The van der Waals surface area contributed by atoms with Gasteiger partial charge in [0, 0.05) is 0 Å². The van der Waals surface area contributed by atoms with Gasteiger partial charge in [-0.15, -0.1) is 0 Å². The molecule has 0 aliphatic heterocycles. The second kappa shape index (κ2) is 4.77. The normalized spacial score (nSPS) is 13.6. The SMILES string of the molecule is CCOc1ccc([C@H](N)P(=O)(O)O)cc1. The summed E-state index contributed by atoms with van der Waals surface area (Å²) in [5, 5.41) is 0. The molecule has 0 heterocycles. The van der Waals surface area contributed by atoms with E-state index in [9.17, 15) is 4.57 Å². The van der Waals surface area contributed by atoms with Crippen molar-refractivity contribution < 1.29 is 19.1 Å². The third-order valence-corrected chi connectivity index (χ3v) is 2.92. The average Bonchev–Trinajstić information content (AvgIpc) is 2.17. The van der Waals surface area contributed by atoms with Gasteiger partial charge in [-0.25, -0.2) is 0 Å². The van der Waals surface area contributed by atoms with Crippen LogP contribution in [0.5, 0.6) is 5.75 Å². The number of benzene rings is 1. The Labute approximate surface area is 88.0 Å². The maximum atomic E-state index is 10.9. The van der Waals surface area contributed by atoms with Crippen molar-refractivity contribution >= 4 is 7.60 Å². The third-order valence-electron chi connectivity index (χ3n) is 1.89. The lowest BCUT2D eigenvalue weighted by Crippen LogP contribution is -2.10. The van der Waals surface area contributed by atoms with Gasteiger partial charge in [-0.3, -0.25) is 4.57 Å². The van der Waals surface area contributed by atoms with Crippen molar-refractivity contribution in [3.8, 4) is 5.75 Å². The first-order valence-electron chi connectivity index (χ1n) is 4.48. The van der Waals surface area contributed by atoms with E-state index >= 15 is 0 Å². The first kappa shape index (κ1) is 12.2. The number of ether oxygens (including phenoxy) is 1. The molecular formula is C9H14NO4P. The van der Waals surface area contributed by atoms with E-state index in [0.717, 1.165) is 0 Å². The molecule has 5 nitrogen and oxygen atoms in total. The minimum absolute atomic E-state index is 0.395. The molecule has 0 bridgehead atoms. The van der Waals surface area contributed by atoms with Crippen molar-refractivity contribution in [1.29, 1.82) is 0 Å². The van der Waals surface area contributed by atoms with Gasteiger partial charge in [-0.1, -0.05) is 12.1 Å². The number of hydrogen-bond donors (Lipinski definition) is 3. The molecule has 0 amide bonds. The number of nitrogens with two attached hydrogens (primary N) is 1. The zero-order valence-corrected chi connectivity index (χ0v) is 9.22. The fourth-order valence-electron chi connectivity index (χ4n) is 1.12. The summed E-state index contributed by atoms with van der Waals surface area (Å²) < 4.78 is 16.1. The summed E-state index contributed by atoms with van der Waals surface area (Å²) in [4.78, 5) is 17.7. The van der Waals surface area contributed by atoms with Crippen LogP contribution in [0.1, 0.15) is 18.3 Å². The molecular weight excluding hydrogens is 217 g/mol. The lowest BCUT2D eigenvalue weighted by Gasteiger charge is -2.13. The van der Waals surface area contributed by atoms with Crippen LogP contribution in [-0.2, 0) is 4.57 Å². The summed E-state index contributed by atoms with van der Waals surface area (Å²) in [6.07, 6.45) is 0. The molecule has 0 saturated heterocycles. The average molecular weight is 231 g/mol. The molecule has 1 atom stereocenters. The monoisotopic (exact) mass is 231 g/mol. The van der Waals surface area contributed by atoms with Crippen LogP contribution in [0.2, 0.25) is 0 Å². The molecule has 15 heavy (non-hydrogen) atoms. The van der Waals surface area contributed by atoms with E-state index in [2.05, 4.69) is 0 Å². The standard InChI is InChI=1S/C9H14NO4P/c1-2-14-8-5-3-7(4-6-8)9(10)15(11,12)13/h3-6,9H,2,10H2,1H3,(H2,11,12,13)/t9-/m1/s1. The van der Waals surface area contributed by atoms with E-state index in [1.165, 1.54) is 0 Å². The van der Waals surface area contributed by atoms with E-state index in [1.807, 2.05) is 6.92 Å². The summed E-state index contributed by atoms with van der Waals surface area (Å²) in [6.45, 7) is 2.40. The van der Waals surface area contributed by atoms with Crippen LogP contribution in [0.4, 0.5) is 0 Å². The van der Waals surface area contributed by atoms with Crippen LogP contribution < -0.4 is 10.5 Å². The minimum atomic E-state index is -4.27. The van der Waals surface area contributed by atoms with Crippen LogP contribution >= 0.6 is 7.60 Å². The Hall–Kier alpha value is -0.870. The number of hydrogen-bond acceptors (Lipinski definition) is 3. The predicted octanol–water partition coefficient (Wildman–Crippen LogP) is 1.22. The van der Waals surface area contributed by atoms with Gasteiger partial charge in [0.1, 0.15) is 11.5 Å². The molecule has 0 saturated carbocycles. The predicted molar refractivity (Wildman–Crippen MR) is 56.6 cm³/mol. The summed E-state index contributed by atoms with van der Waals surface area (Å²) in [5.41, 5.74) is 5.79. The van der Waals surface area contributed by atoms with E-state index in [0.29, 0.717) is 17.9 Å². The van der Waals surface area contributed by atoms with Crippen LogP contribution in [0.25, 0.3) is 0 Å². The van der Waals surface area contributed by atoms with Crippen LogP contribution in [0.3, 0.4) is 0 Å². The van der Waals surface area contributed by atoms with Gasteiger partial charge < -0.3 is 20.3 Å². The largest absolute Gasteiger partial charge is 0.494 e. The van der Waals surface area contributed by atoms with Crippen molar-refractivity contribution in [3.63, 3.8) is 0 Å². The molecule has 0 unspecified atom stereocenters. The van der Waals surface area contributed by atoms with Gasteiger partial charge in [0.25, 0.3) is 0 Å². The van der Waals surface area contributed by atoms with Crippen molar-refractivity contribution in [2.24, 2.45) is 5.73 Å². The van der Waals surface area contributed by atoms with Gasteiger partial charge in [-0.05, 0) is 24.6 Å². The van der Waals surface area contributed by atoms with E-state index in [-0.39, 0.29) is 0 Å². The second-order valence-corrected chi connectivity index (χ2v) is 4.77. The Bertz CT molecular complexity index is 359. The van der Waals surface area contributed by atoms with Gasteiger partial charge in [0.2, 0.25) is 0 Å². The molecule has 1 aromatic rings. The first-order valence-corrected chi connectivity index (χ1v) is 6.17. The Kier molecular flexibility index (Phi) is 3.88. The quantitative estimate of drug-likeness (QED) is 0.677. The van der Waals surface area contributed by atoms with Crippen LogP contribution in [0, 0.1) is 0 Å². The van der Waals surface area contributed by atoms with Crippen molar-refractivity contribution in [3.05, 3.63) is 29.8 Å². The highest BCUT2D eigenvalue weighted by molar-refractivity contribution is 7.52. The minimum Gasteiger partial charge on any atom is -0.494 e. The highest BCUT2D eigenvalue weighted by Crippen LogP contribution is 2.48. The molecule has 0 spiro atoms. The number of rotatable bonds is 4. The smallest absolute Gasteiger partial charge is 0.346 e. The molecule has 0 aliphatic carbocycles. The van der Waals surface area contributed by atoms with E-state index < -0.39 is 13.4 Å². The summed E-state index contributed by atoms with van der Waals surface area (Å²) in [7, 11) is -4.27. The molecule has 1 rings (SSSR count). The fraction of sp³-hybridized carbons (Fsp3) is 0.333.